The summed E-state index contributed by atoms with van der Waals surface area (Å²) in [5.74, 6) is 0.986. The molecule has 22 heavy (non-hydrogen) atoms. The third kappa shape index (κ3) is 6.15. The van der Waals surface area contributed by atoms with Crippen LogP contribution in [0.4, 0.5) is 5.82 Å². The minimum atomic E-state index is -0.842. The molecular formula is C16H29N3O3. The van der Waals surface area contributed by atoms with E-state index in [2.05, 4.69) is 17.4 Å². The van der Waals surface area contributed by atoms with E-state index in [-0.39, 0.29) is 11.9 Å². The first kappa shape index (κ1) is 18.6. The SMILES string of the molecule is CCCCC(C(=O)Nc1cc(C)on1)N(CC)CC(C)(C)O. The monoisotopic (exact) mass is 311 g/mol. The maximum absolute atomic E-state index is 12.6. The summed E-state index contributed by atoms with van der Waals surface area (Å²) in [4.78, 5) is 14.6. The van der Waals surface area contributed by atoms with Crippen LogP contribution in [0.1, 0.15) is 52.7 Å². The summed E-state index contributed by atoms with van der Waals surface area (Å²) in [6.07, 6.45) is 2.73. The Bertz CT molecular complexity index is 465. The highest BCUT2D eigenvalue weighted by Gasteiger charge is 2.29. The molecule has 1 aromatic heterocycles. The quantitative estimate of drug-likeness (QED) is 0.733. The van der Waals surface area contributed by atoms with Gasteiger partial charge < -0.3 is 14.9 Å². The van der Waals surface area contributed by atoms with Gasteiger partial charge in [-0.1, -0.05) is 31.8 Å². The number of unbranched alkanes of at least 4 members (excludes halogenated alkanes) is 1. The predicted molar refractivity (Wildman–Crippen MR) is 86.7 cm³/mol. The zero-order chi connectivity index (χ0) is 16.8. The zero-order valence-electron chi connectivity index (χ0n) is 14.3. The summed E-state index contributed by atoms with van der Waals surface area (Å²) < 4.78 is 4.98. The molecule has 1 amide bonds. The molecule has 6 heteroatoms. The van der Waals surface area contributed by atoms with Gasteiger partial charge in [0.15, 0.2) is 5.82 Å². The number of nitrogens with one attached hydrogen (secondary N) is 1. The molecule has 2 N–H and O–H groups in total. The molecule has 0 fully saturated rings. The summed E-state index contributed by atoms with van der Waals surface area (Å²) in [6.45, 7) is 10.5. The molecule has 0 saturated carbocycles. The van der Waals surface area contributed by atoms with Gasteiger partial charge in [-0.3, -0.25) is 9.69 Å². The van der Waals surface area contributed by atoms with Gasteiger partial charge in [0.05, 0.1) is 11.6 Å². The van der Waals surface area contributed by atoms with Crippen molar-refractivity contribution in [3.63, 3.8) is 0 Å². The van der Waals surface area contributed by atoms with Crippen molar-refractivity contribution in [1.29, 1.82) is 0 Å². The van der Waals surface area contributed by atoms with Crippen LogP contribution in [0, 0.1) is 6.92 Å². The highest BCUT2D eigenvalue weighted by molar-refractivity contribution is 5.94. The molecule has 0 saturated heterocycles. The molecule has 1 heterocycles. The summed E-state index contributed by atoms with van der Waals surface area (Å²) >= 11 is 0. The Kier molecular flexibility index (Phi) is 7.03. The van der Waals surface area contributed by atoms with Gasteiger partial charge in [-0.25, -0.2) is 0 Å². The third-order valence-corrected chi connectivity index (χ3v) is 3.45. The van der Waals surface area contributed by atoms with E-state index in [1.54, 1.807) is 26.8 Å². The number of aliphatic hydroxyl groups is 1. The first-order valence-electron chi connectivity index (χ1n) is 7.97. The van der Waals surface area contributed by atoms with E-state index < -0.39 is 5.60 Å². The Hall–Kier alpha value is -1.40. The van der Waals surface area contributed by atoms with Crippen LogP contribution in [0.5, 0.6) is 0 Å². The topological polar surface area (TPSA) is 78.6 Å². The lowest BCUT2D eigenvalue weighted by atomic mass is 10.0. The van der Waals surface area contributed by atoms with Crippen molar-refractivity contribution in [3.05, 3.63) is 11.8 Å². The molecule has 0 aliphatic rings. The van der Waals surface area contributed by atoms with Crippen LogP contribution in [0.2, 0.25) is 0 Å². The molecule has 0 bridgehead atoms. The van der Waals surface area contributed by atoms with Gasteiger partial charge in [-0.15, -0.1) is 0 Å². The molecule has 126 valence electrons. The fourth-order valence-electron chi connectivity index (χ4n) is 2.45. The molecule has 1 unspecified atom stereocenters. The van der Waals surface area contributed by atoms with Gasteiger partial charge in [0, 0.05) is 12.6 Å². The van der Waals surface area contributed by atoms with Crippen LogP contribution in [0.25, 0.3) is 0 Å². The molecule has 1 aromatic rings. The molecule has 0 aromatic carbocycles. The maximum Gasteiger partial charge on any atom is 0.242 e. The van der Waals surface area contributed by atoms with E-state index in [9.17, 15) is 9.90 Å². The fraction of sp³-hybridized carbons (Fsp3) is 0.750. The molecule has 0 radical (unpaired) electrons. The van der Waals surface area contributed by atoms with E-state index in [0.29, 0.717) is 24.7 Å². The number of aromatic nitrogens is 1. The lowest BCUT2D eigenvalue weighted by Crippen LogP contribution is -2.49. The van der Waals surface area contributed by atoms with Gasteiger partial charge in [-0.2, -0.15) is 0 Å². The molecule has 0 spiro atoms. The number of hydrogen-bond acceptors (Lipinski definition) is 5. The van der Waals surface area contributed by atoms with Crippen molar-refractivity contribution < 1.29 is 14.4 Å². The average molecular weight is 311 g/mol. The number of anilines is 1. The molecule has 1 atom stereocenters. The van der Waals surface area contributed by atoms with E-state index in [0.717, 1.165) is 19.3 Å². The molecule has 0 aliphatic carbocycles. The predicted octanol–water partition coefficient (Wildman–Crippen LogP) is 2.57. The highest BCUT2D eigenvalue weighted by atomic mass is 16.5. The Morgan fingerprint density at radius 2 is 2.18 bits per heavy atom. The summed E-state index contributed by atoms with van der Waals surface area (Å²) in [5.41, 5.74) is -0.842. The van der Waals surface area contributed by atoms with Crippen LogP contribution in [0.15, 0.2) is 10.6 Å². The van der Waals surface area contributed by atoms with Crippen molar-refractivity contribution in [1.82, 2.24) is 10.1 Å². The van der Waals surface area contributed by atoms with Crippen molar-refractivity contribution in [3.8, 4) is 0 Å². The Morgan fingerprint density at radius 1 is 1.50 bits per heavy atom. The van der Waals surface area contributed by atoms with Gasteiger partial charge in [0.2, 0.25) is 5.91 Å². The second-order valence-electron chi connectivity index (χ2n) is 6.35. The van der Waals surface area contributed by atoms with Gasteiger partial charge in [0.1, 0.15) is 5.76 Å². The molecule has 6 nitrogen and oxygen atoms in total. The summed E-state index contributed by atoms with van der Waals surface area (Å²) in [7, 11) is 0. The van der Waals surface area contributed by atoms with Crippen LogP contribution < -0.4 is 5.32 Å². The van der Waals surface area contributed by atoms with E-state index in [1.165, 1.54) is 0 Å². The van der Waals surface area contributed by atoms with Gasteiger partial charge in [0.25, 0.3) is 0 Å². The maximum atomic E-state index is 12.6. The van der Waals surface area contributed by atoms with Gasteiger partial charge in [-0.05, 0) is 33.7 Å². The zero-order valence-corrected chi connectivity index (χ0v) is 14.3. The largest absolute Gasteiger partial charge is 0.389 e. The van der Waals surface area contributed by atoms with Crippen molar-refractivity contribution in [2.75, 3.05) is 18.4 Å². The number of amides is 1. The Labute approximate surface area is 132 Å². The first-order chi connectivity index (χ1) is 10.3. The number of nitrogens with zero attached hydrogens (tertiary/aromatic N) is 2. The number of likely N-dealkylation sites (N-methyl/N-ethyl adjacent to an activating group) is 1. The first-order valence-corrected chi connectivity index (χ1v) is 7.97. The number of carbonyl (C=O) groups excluding carboxylic acids is 1. The third-order valence-electron chi connectivity index (χ3n) is 3.45. The minimum absolute atomic E-state index is 0.104. The lowest BCUT2D eigenvalue weighted by molar-refractivity contribution is -0.122. The lowest BCUT2D eigenvalue weighted by Gasteiger charge is -2.34. The fourth-order valence-corrected chi connectivity index (χ4v) is 2.45. The number of carbonyl (C=O) groups is 1. The minimum Gasteiger partial charge on any atom is -0.389 e. The Balaban J connectivity index is 2.82. The summed E-state index contributed by atoms with van der Waals surface area (Å²) in [5, 5.41) is 16.7. The number of rotatable bonds is 9. The normalized spacial score (nSPS) is 13.4. The summed E-state index contributed by atoms with van der Waals surface area (Å²) in [6, 6.07) is 1.41. The van der Waals surface area contributed by atoms with Crippen molar-refractivity contribution >= 4 is 11.7 Å². The number of hydrogen-bond donors (Lipinski definition) is 2. The van der Waals surface area contributed by atoms with Crippen LogP contribution >= 0.6 is 0 Å². The van der Waals surface area contributed by atoms with Gasteiger partial charge >= 0.3 is 0 Å². The number of aryl methyl sites for hydroxylation is 1. The van der Waals surface area contributed by atoms with E-state index >= 15 is 0 Å². The average Bonchev–Trinajstić information content (AvgIpc) is 2.81. The highest BCUT2D eigenvalue weighted by Crippen LogP contribution is 2.16. The molecule has 1 rings (SSSR count). The van der Waals surface area contributed by atoms with Crippen LogP contribution in [-0.4, -0.2) is 45.8 Å². The van der Waals surface area contributed by atoms with Crippen LogP contribution in [-0.2, 0) is 4.79 Å². The van der Waals surface area contributed by atoms with E-state index in [4.69, 9.17) is 4.52 Å². The van der Waals surface area contributed by atoms with Crippen molar-refractivity contribution in [2.45, 2.75) is 65.5 Å². The van der Waals surface area contributed by atoms with Crippen molar-refractivity contribution in [2.24, 2.45) is 0 Å². The smallest absolute Gasteiger partial charge is 0.242 e. The molecule has 0 aliphatic heterocycles. The standard InChI is InChI=1S/C16H29N3O3/c1-6-8-9-13(19(7-2)11-16(4,5)21)15(20)17-14-10-12(3)22-18-14/h10,13,21H,6-9,11H2,1-5H3,(H,17,18,20). The van der Waals surface area contributed by atoms with Crippen LogP contribution in [0.3, 0.4) is 0 Å². The Morgan fingerprint density at radius 3 is 2.64 bits per heavy atom. The van der Waals surface area contributed by atoms with E-state index in [1.807, 2.05) is 11.8 Å². The molecular weight excluding hydrogens is 282 g/mol. The second-order valence-corrected chi connectivity index (χ2v) is 6.35. The second kappa shape index (κ2) is 8.29.